The van der Waals surface area contributed by atoms with Crippen LogP contribution in [0.5, 0.6) is 0 Å². The van der Waals surface area contributed by atoms with Crippen LogP contribution in [-0.4, -0.2) is 45.2 Å². The molecule has 0 aromatic heterocycles. The Kier molecular flexibility index (Phi) is 4.69. The van der Waals surface area contributed by atoms with Crippen LogP contribution < -0.4 is 0 Å². The third kappa shape index (κ3) is 3.16. The van der Waals surface area contributed by atoms with Gasteiger partial charge >= 0.3 is 7.12 Å². The summed E-state index contributed by atoms with van der Waals surface area (Å²) in [5.74, 6) is 0. The normalized spacial score (nSPS) is 15.6. The highest BCUT2D eigenvalue weighted by Gasteiger charge is 2.24. The summed E-state index contributed by atoms with van der Waals surface area (Å²) in [6.45, 7) is 6.03. The van der Waals surface area contributed by atoms with Crippen LogP contribution in [-0.2, 0) is 9.31 Å². The molecule has 0 saturated carbocycles. The van der Waals surface area contributed by atoms with Crippen molar-refractivity contribution in [3.8, 4) is 0 Å². The van der Waals surface area contributed by atoms with Crippen molar-refractivity contribution in [1.82, 2.24) is 4.90 Å². The number of aliphatic imine (C=N–C) groups is 1. The molecule has 1 rings (SSSR count). The van der Waals surface area contributed by atoms with Gasteiger partial charge in [0.1, 0.15) is 0 Å². The van der Waals surface area contributed by atoms with Gasteiger partial charge in [0.15, 0.2) is 0 Å². The molecule has 0 aromatic carbocycles. The van der Waals surface area contributed by atoms with E-state index in [9.17, 15) is 0 Å². The fourth-order valence-corrected chi connectivity index (χ4v) is 1.31. The SMILES string of the molecule is CCOB(OCC)C1=CN=CN(C)C1. The Bertz CT molecular complexity index is 225. The van der Waals surface area contributed by atoms with Crippen molar-refractivity contribution in [3.05, 3.63) is 11.7 Å². The summed E-state index contributed by atoms with van der Waals surface area (Å²) >= 11 is 0. The lowest BCUT2D eigenvalue weighted by Crippen LogP contribution is -2.34. The molecule has 0 aliphatic carbocycles. The van der Waals surface area contributed by atoms with E-state index in [1.165, 1.54) is 0 Å². The van der Waals surface area contributed by atoms with E-state index in [2.05, 4.69) is 4.99 Å². The smallest absolute Gasteiger partial charge is 0.408 e. The highest BCUT2D eigenvalue weighted by atomic mass is 16.6. The number of rotatable bonds is 5. The fraction of sp³-hybridized carbons (Fsp3) is 0.667. The summed E-state index contributed by atoms with van der Waals surface area (Å²) in [5.41, 5.74) is 1.07. The highest BCUT2D eigenvalue weighted by Crippen LogP contribution is 2.09. The van der Waals surface area contributed by atoms with Crippen molar-refractivity contribution in [3.63, 3.8) is 0 Å². The van der Waals surface area contributed by atoms with Crippen LogP contribution in [0.15, 0.2) is 16.7 Å². The average molecular weight is 196 g/mol. The van der Waals surface area contributed by atoms with Gasteiger partial charge in [0.25, 0.3) is 0 Å². The molecule has 5 heteroatoms. The van der Waals surface area contributed by atoms with Gasteiger partial charge in [0.2, 0.25) is 0 Å². The maximum atomic E-state index is 5.48. The van der Waals surface area contributed by atoms with Crippen molar-refractivity contribution in [1.29, 1.82) is 0 Å². The van der Waals surface area contributed by atoms with E-state index in [1.807, 2.05) is 32.0 Å². The lowest BCUT2D eigenvalue weighted by Gasteiger charge is -2.22. The van der Waals surface area contributed by atoms with E-state index in [1.54, 1.807) is 6.34 Å². The van der Waals surface area contributed by atoms with Crippen LogP contribution in [0.25, 0.3) is 0 Å². The fourth-order valence-electron chi connectivity index (χ4n) is 1.31. The van der Waals surface area contributed by atoms with Gasteiger partial charge < -0.3 is 14.2 Å². The van der Waals surface area contributed by atoms with Crippen molar-refractivity contribution in [2.75, 3.05) is 26.8 Å². The molecule has 1 aliphatic rings. The molecule has 1 aliphatic heterocycles. The molecule has 0 radical (unpaired) electrons. The molecule has 78 valence electrons. The van der Waals surface area contributed by atoms with E-state index < -0.39 is 0 Å². The Hall–Kier alpha value is -0.805. The van der Waals surface area contributed by atoms with E-state index >= 15 is 0 Å². The first kappa shape index (κ1) is 11.3. The van der Waals surface area contributed by atoms with Crippen molar-refractivity contribution < 1.29 is 9.31 Å². The summed E-state index contributed by atoms with van der Waals surface area (Å²) in [6.07, 6.45) is 3.61. The Balaban J connectivity index is 2.58. The highest BCUT2D eigenvalue weighted by molar-refractivity contribution is 6.54. The number of likely N-dealkylation sites (N-methyl/N-ethyl adjacent to an activating group) is 1. The Morgan fingerprint density at radius 3 is 2.57 bits per heavy atom. The molecule has 0 N–H and O–H groups in total. The quantitative estimate of drug-likeness (QED) is 0.613. The van der Waals surface area contributed by atoms with Gasteiger partial charge in [-0.3, -0.25) is 0 Å². The van der Waals surface area contributed by atoms with E-state index in [4.69, 9.17) is 9.31 Å². The van der Waals surface area contributed by atoms with Gasteiger partial charge in [-0.1, -0.05) is 0 Å². The maximum Gasteiger partial charge on any atom is 0.492 e. The molecule has 0 amide bonds. The molecular weight excluding hydrogens is 179 g/mol. The van der Waals surface area contributed by atoms with Crippen LogP contribution in [0.1, 0.15) is 13.8 Å². The first-order chi connectivity index (χ1) is 6.77. The van der Waals surface area contributed by atoms with Crippen LogP contribution >= 0.6 is 0 Å². The minimum absolute atomic E-state index is 0.245. The molecule has 0 unspecified atom stereocenters. The molecule has 0 fully saturated rings. The second-order valence-corrected chi connectivity index (χ2v) is 3.13. The molecule has 0 spiro atoms. The standard InChI is InChI=1S/C9H17BN2O2/c1-4-13-10(14-5-2)9-6-11-8-12(3)7-9/h6,8H,4-5,7H2,1-3H3. The lowest BCUT2D eigenvalue weighted by molar-refractivity contribution is 0.219. The van der Waals surface area contributed by atoms with Crippen molar-refractivity contribution in [2.24, 2.45) is 4.99 Å². The van der Waals surface area contributed by atoms with Gasteiger partial charge in [0.05, 0.1) is 6.34 Å². The third-order valence-electron chi connectivity index (χ3n) is 1.87. The molecule has 14 heavy (non-hydrogen) atoms. The Morgan fingerprint density at radius 2 is 2.07 bits per heavy atom. The maximum absolute atomic E-state index is 5.48. The first-order valence-electron chi connectivity index (χ1n) is 4.93. The van der Waals surface area contributed by atoms with Gasteiger partial charge in [-0.2, -0.15) is 0 Å². The minimum Gasteiger partial charge on any atom is -0.408 e. The van der Waals surface area contributed by atoms with Crippen LogP contribution in [0, 0.1) is 0 Å². The minimum atomic E-state index is -0.245. The zero-order chi connectivity index (χ0) is 10.4. The molecule has 1 heterocycles. The summed E-state index contributed by atoms with van der Waals surface area (Å²) in [4.78, 5) is 6.10. The zero-order valence-corrected chi connectivity index (χ0v) is 9.06. The topological polar surface area (TPSA) is 34.1 Å². The van der Waals surface area contributed by atoms with Crippen LogP contribution in [0.3, 0.4) is 0 Å². The summed E-state index contributed by atoms with van der Waals surface area (Å²) in [5, 5.41) is 0. The van der Waals surface area contributed by atoms with Crippen LogP contribution in [0.2, 0.25) is 0 Å². The largest absolute Gasteiger partial charge is 0.492 e. The monoisotopic (exact) mass is 196 g/mol. The van der Waals surface area contributed by atoms with Crippen LogP contribution in [0.4, 0.5) is 0 Å². The summed E-state index contributed by atoms with van der Waals surface area (Å²) in [6, 6.07) is 0. The van der Waals surface area contributed by atoms with E-state index in [0.29, 0.717) is 13.2 Å². The molecule has 0 atom stereocenters. The first-order valence-corrected chi connectivity index (χ1v) is 4.93. The number of hydrogen-bond acceptors (Lipinski definition) is 4. The molecule has 4 nitrogen and oxygen atoms in total. The number of hydrogen-bond donors (Lipinski definition) is 0. The number of nitrogens with zero attached hydrogens (tertiary/aromatic N) is 2. The van der Waals surface area contributed by atoms with E-state index in [0.717, 1.165) is 12.0 Å². The molecule has 0 saturated heterocycles. The molecule has 0 bridgehead atoms. The Morgan fingerprint density at radius 1 is 1.43 bits per heavy atom. The second kappa shape index (κ2) is 5.83. The third-order valence-corrected chi connectivity index (χ3v) is 1.87. The van der Waals surface area contributed by atoms with Gasteiger partial charge in [-0.25, -0.2) is 4.99 Å². The lowest BCUT2D eigenvalue weighted by atomic mass is 9.77. The molecule has 0 aromatic rings. The van der Waals surface area contributed by atoms with E-state index in [-0.39, 0.29) is 7.12 Å². The summed E-state index contributed by atoms with van der Waals surface area (Å²) in [7, 11) is 1.73. The van der Waals surface area contributed by atoms with Crippen molar-refractivity contribution in [2.45, 2.75) is 13.8 Å². The van der Waals surface area contributed by atoms with Gasteiger partial charge in [-0.05, 0) is 19.3 Å². The average Bonchev–Trinajstić information content (AvgIpc) is 2.17. The van der Waals surface area contributed by atoms with Gasteiger partial charge in [-0.15, -0.1) is 0 Å². The second-order valence-electron chi connectivity index (χ2n) is 3.13. The zero-order valence-electron chi connectivity index (χ0n) is 9.06. The Labute approximate surface area is 85.7 Å². The molecular formula is C9H17BN2O2. The van der Waals surface area contributed by atoms with Crippen molar-refractivity contribution >= 4 is 13.5 Å². The predicted octanol–water partition coefficient (Wildman–Crippen LogP) is 0.944. The predicted molar refractivity (Wildman–Crippen MR) is 58.2 cm³/mol. The van der Waals surface area contributed by atoms with Gasteiger partial charge in [0, 0.05) is 33.0 Å². The summed E-state index contributed by atoms with van der Waals surface area (Å²) < 4.78 is 11.0.